The average molecular weight is 316 g/mol. The Morgan fingerprint density at radius 3 is 2.58 bits per heavy atom. The van der Waals surface area contributed by atoms with Gasteiger partial charge in [0.15, 0.2) is 0 Å². The molecule has 0 bridgehead atoms. The molecule has 0 radical (unpaired) electrons. The van der Waals surface area contributed by atoms with E-state index in [0.717, 1.165) is 28.9 Å². The van der Waals surface area contributed by atoms with Crippen LogP contribution in [0.15, 0.2) is 65.5 Å². The van der Waals surface area contributed by atoms with Gasteiger partial charge in [-0.05, 0) is 24.6 Å². The lowest BCUT2D eigenvalue weighted by Gasteiger charge is -2.02. The number of hydrogen-bond acceptors (Lipinski definition) is 3. The summed E-state index contributed by atoms with van der Waals surface area (Å²) in [5.74, 6) is 0.689. The highest BCUT2D eigenvalue weighted by Crippen LogP contribution is 2.17. The Hall–Kier alpha value is -3.21. The van der Waals surface area contributed by atoms with Crippen LogP contribution < -0.4 is 5.56 Å². The van der Waals surface area contributed by atoms with E-state index in [9.17, 15) is 4.79 Å². The maximum atomic E-state index is 12.1. The fourth-order valence-electron chi connectivity index (χ4n) is 2.75. The molecular weight excluding hydrogens is 300 g/mol. The Bertz CT molecular complexity index is 1030. The lowest BCUT2D eigenvalue weighted by atomic mass is 10.1. The topological polar surface area (TPSA) is 74.4 Å². The van der Waals surface area contributed by atoms with Crippen molar-refractivity contribution in [3.05, 3.63) is 82.5 Å². The van der Waals surface area contributed by atoms with E-state index in [0.29, 0.717) is 17.6 Å². The van der Waals surface area contributed by atoms with Crippen molar-refractivity contribution in [1.29, 1.82) is 0 Å². The SMILES string of the molecule is O=c1[nH]c(CCc2cc(-c3ccccc3)n[nH]2)nc2ccccc12. The number of fused-ring (bicyclic) bond motifs is 1. The summed E-state index contributed by atoms with van der Waals surface area (Å²) >= 11 is 0. The molecule has 0 saturated heterocycles. The van der Waals surface area contributed by atoms with Crippen LogP contribution in [0.5, 0.6) is 0 Å². The molecule has 2 heterocycles. The zero-order valence-corrected chi connectivity index (χ0v) is 13.0. The molecule has 0 unspecified atom stereocenters. The van der Waals surface area contributed by atoms with Crippen molar-refractivity contribution in [2.75, 3.05) is 0 Å². The van der Waals surface area contributed by atoms with Crippen LogP contribution in [-0.2, 0) is 12.8 Å². The van der Waals surface area contributed by atoms with E-state index in [2.05, 4.69) is 20.2 Å². The highest BCUT2D eigenvalue weighted by atomic mass is 16.1. The number of aromatic nitrogens is 4. The Morgan fingerprint density at radius 1 is 0.917 bits per heavy atom. The number of benzene rings is 2. The number of aromatic amines is 2. The first kappa shape index (κ1) is 14.4. The summed E-state index contributed by atoms with van der Waals surface area (Å²) < 4.78 is 0. The zero-order chi connectivity index (χ0) is 16.4. The summed E-state index contributed by atoms with van der Waals surface area (Å²) in [6, 6.07) is 19.4. The van der Waals surface area contributed by atoms with Crippen LogP contribution >= 0.6 is 0 Å². The second kappa shape index (κ2) is 6.12. The Balaban J connectivity index is 1.53. The predicted octanol–water partition coefficient (Wildman–Crippen LogP) is 3.10. The second-order valence-electron chi connectivity index (χ2n) is 5.67. The average Bonchev–Trinajstić information content (AvgIpc) is 3.10. The molecule has 2 aromatic heterocycles. The van der Waals surface area contributed by atoms with Crippen LogP contribution in [0.3, 0.4) is 0 Å². The van der Waals surface area contributed by atoms with E-state index in [1.54, 1.807) is 6.07 Å². The van der Waals surface area contributed by atoms with Crippen molar-refractivity contribution in [3.8, 4) is 11.3 Å². The number of nitrogens with one attached hydrogen (secondary N) is 2. The molecular formula is C19H16N4O. The summed E-state index contributed by atoms with van der Waals surface area (Å²) in [4.78, 5) is 19.5. The van der Waals surface area contributed by atoms with Crippen molar-refractivity contribution < 1.29 is 0 Å². The number of para-hydroxylation sites is 1. The van der Waals surface area contributed by atoms with Gasteiger partial charge in [0.2, 0.25) is 0 Å². The number of rotatable bonds is 4. The molecule has 0 aliphatic heterocycles. The third kappa shape index (κ3) is 2.84. The van der Waals surface area contributed by atoms with Gasteiger partial charge < -0.3 is 4.98 Å². The lowest BCUT2D eigenvalue weighted by molar-refractivity contribution is 0.830. The molecule has 24 heavy (non-hydrogen) atoms. The monoisotopic (exact) mass is 316 g/mol. The first-order valence-electron chi connectivity index (χ1n) is 7.87. The predicted molar refractivity (Wildman–Crippen MR) is 93.8 cm³/mol. The molecule has 5 heteroatoms. The van der Waals surface area contributed by atoms with Crippen LogP contribution in [0, 0.1) is 0 Å². The summed E-state index contributed by atoms with van der Waals surface area (Å²) in [7, 11) is 0. The van der Waals surface area contributed by atoms with Crippen LogP contribution in [0.2, 0.25) is 0 Å². The first-order valence-corrected chi connectivity index (χ1v) is 7.87. The number of hydrogen-bond donors (Lipinski definition) is 2. The molecule has 2 N–H and O–H groups in total. The molecule has 118 valence electrons. The normalized spacial score (nSPS) is 11.0. The van der Waals surface area contributed by atoms with Crippen LogP contribution in [0.25, 0.3) is 22.2 Å². The van der Waals surface area contributed by atoms with Crippen molar-refractivity contribution in [3.63, 3.8) is 0 Å². The Kier molecular flexibility index (Phi) is 3.67. The van der Waals surface area contributed by atoms with E-state index in [1.807, 2.05) is 54.6 Å². The third-order valence-electron chi connectivity index (χ3n) is 3.99. The minimum Gasteiger partial charge on any atom is -0.310 e. The van der Waals surface area contributed by atoms with E-state index in [-0.39, 0.29) is 5.56 Å². The van der Waals surface area contributed by atoms with Crippen molar-refractivity contribution in [2.24, 2.45) is 0 Å². The smallest absolute Gasteiger partial charge is 0.258 e. The molecule has 0 amide bonds. The summed E-state index contributed by atoms with van der Waals surface area (Å²) in [5, 5.41) is 8.02. The Morgan fingerprint density at radius 2 is 1.71 bits per heavy atom. The van der Waals surface area contributed by atoms with E-state index < -0.39 is 0 Å². The summed E-state index contributed by atoms with van der Waals surface area (Å²) in [5.41, 5.74) is 3.66. The molecule has 4 rings (SSSR count). The quantitative estimate of drug-likeness (QED) is 0.607. The molecule has 4 aromatic rings. The van der Waals surface area contributed by atoms with E-state index in [1.165, 1.54) is 0 Å². The van der Waals surface area contributed by atoms with E-state index >= 15 is 0 Å². The van der Waals surface area contributed by atoms with Crippen LogP contribution in [-0.4, -0.2) is 20.2 Å². The van der Waals surface area contributed by atoms with Crippen LogP contribution in [0.4, 0.5) is 0 Å². The van der Waals surface area contributed by atoms with Gasteiger partial charge in [0.05, 0.1) is 16.6 Å². The van der Waals surface area contributed by atoms with Gasteiger partial charge in [-0.2, -0.15) is 5.10 Å². The van der Waals surface area contributed by atoms with Gasteiger partial charge >= 0.3 is 0 Å². The molecule has 0 spiro atoms. The van der Waals surface area contributed by atoms with Crippen molar-refractivity contribution >= 4 is 10.9 Å². The van der Waals surface area contributed by atoms with Gasteiger partial charge in [-0.25, -0.2) is 4.98 Å². The number of aryl methyl sites for hydroxylation is 2. The zero-order valence-electron chi connectivity index (χ0n) is 13.0. The van der Waals surface area contributed by atoms with Gasteiger partial charge in [-0.15, -0.1) is 0 Å². The second-order valence-corrected chi connectivity index (χ2v) is 5.67. The van der Waals surface area contributed by atoms with E-state index in [4.69, 9.17) is 0 Å². The van der Waals surface area contributed by atoms with Crippen LogP contribution in [0.1, 0.15) is 11.5 Å². The third-order valence-corrected chi connectivity index (χ3v) is 3.99. The fraction of sp³-hybridized carbons (Fsp3) is 0.105. The van der Waals surface area contributed by atoms with Gasteiger partial charge in [0, 0.05) is 17.7 Å². The Labute approximate surface area is 138 Å². The highest BCUT2D eigenvalue weighted by Gasteiger charge is 2.06. The van der Waals surface area contributed by atoms with Crippen molar-refractivity contribution in [2.45, 2.75) is 12.8 Å². The molecule has 0 atom stereocenters. The van der Waals surface area contributed by atoms with Crippen molar-refractivity contribution in [1.82, 2.24) is 20.2 Å². The summed E-state index contributed by atoms with van der Waals surface area (Å²) in [6.07, 6.45) is 1.39. The molecule has 0 aliphatic carbocycles. The molecule has 5 nitrogen and oxygen atoms in total. The maximum absolute atomic E-state index is 12.1. The molecule has 0 fully saturated rings. The molecule has 0 saturated carbocycles. The van der Waals surface area contributed by atoms with Gasteiger partial charge in [0.1, 0.15) is 5.82 Å². The fourth-order valence-corrected chi connectivity index (χ4v) is 2.75. The minimum absolute atomic E-state index is 0.0924. The maximum Gasteiger partial charge on any atom is 0.258 e. The van der Waals surface area contributed by atoms with Gasteiger partial charge in [0.25, 0.3) is 5.56 Å². The standard InChI is InChI=1S/C19H16N4O/c24-19-15-8-4-5-9-16(15)20-18(21-19)11-10-14-12-17(23-22-14)13-6-2-1-3-7-13/h1-9,12H,10-11H2,(H,22,23)(H,20,21,24). The number of H-pyrrole nitrogens is 2. The van der Waals surface area contributed by atoms with Gasteiger partial charge in [-0.3, -0.25) is 9.89 Å². The largest absolute Gasteiger partial charge is 0.310 e. The number of nitrogens with zero attached hydrogens (tertiary/aromatic N) is 2. The first-order chi connectivity index (χ1) is 11.8. The lowest BCUT2D eigenvalue weighted by Crippen LogP contribution is -2.12. The molecule has 2 aromatic carbocycles. The summed E-state index contributed by atoms with van der Waals surface area (Å²) in [6.45, 7) is 0. The van der Waals surface area contributed by atoms with Gasteiger partial charge in [-0.1, -0.05) is 42.5 Å². The highest BCUT2D eigenvalue weighted by molar-refractivity contribution is 5.77. The molecule has 0 aliphatic rings. The minimum atomic E-state index is -0.0924.